The Hall–Kier alpha value is -3.37. The van der Waals surface area contributed by atoms with Crippen molar-refractivity contribution in [3.05, 3.63) is 72.9 Å². The predicted molar refractivity (Wildman–Crippen MR) is 119 cm³/mol. The molecule has 10 heteroatoms. The summed E-state index contributed by atoms with van der Waals surface area (Å²) in [6.45, 7) is 1.10. The summed E-state index contributed by atoms with van der Waals surface area (Å²) in [6.07, 6.45) is 15.0. The zero-order chi connectivity index (χ0) is 22.9. The van der Waals surface area contributed by atoms with Crippen molar-refractivity contribution in [1.29, 1.82) is 0 Å². The molecule has 0 bridgehead atoms. The minimum Gasteiger partial charge on any atom is -0.480 e. The molecule has 0 aliphatic heterocycles. The van der Waals surface area contributed by atoms with Gasteiger partial charge in [0.2, 0.25) is 0 Å². The van der Waals surface area contributed by atoms with Gasteiger partial charge in [-0.1, -0.05) is 19.3 Å². The van der Waals surface area contributed by atoms with Crippen molar-refractivity contribution >= 4 is 5.97 Å². The molecule has 172 valence electrons. The molecule has 3 aromatic rings. The van der Waals surface area contributed by atoms with Crippen LogP contribution in [-0.2, 0) is 24.4 Å². The fourth-order valence-electron chi connectivity index (χ4n) is 4.56. The minimum atomic E-state index is -0.886. The minimum absolute atomic E-state index is 0.125. The highest BCUT2D eigenvalue weighted by atomic mass is 16.4. The molecule has 10 nitrogen and oxygen atoms in total. The number of aliphatic carboxylic acids is 1. The first-order valence-electron chi connectivity index (χ1n) is 11.2. The standard InChI is InChI=1S/C23H28N8O2/c32-22(33)18-31(17-21-28-13-6-14-29-21)23(7-2-1-3-8-23)30(15-19-24-9-4-10-25-19)16-20-26-11-5-12-27-20/h4-6,9-14H,1-3,7-8,15-18H2,(H,32,33). The van der Waals surface area contributed by atoms with Gasteiger partial charge in [0.15, 0.2) is 0 Å². The predicted octanol–water partition coefficient (Wildman–Crippen LogP) is 2.31. The van der Waals surface area contributed by atoms with Gasteiger partial charge >= 0.3 is 5.97 Å². The Bertz CT molecular complexity index is 959. The lowest BCUT2D eigenvalue weighted by molar-refractivity contribution is -0.149. The van der Waals surface area contributed by atoms with Crippen LogP contribution in [0.5, 0.6) is 0 Å². The lowest BCUT2D eigenvalue weighted by atomic mass is 9.85. The second-order valence-corrected chi connectivity index (χ2v) is 8.14. The molecule has 0 unspecified atom stereocenters. The maximum absolute atomic E-state index is 12.0. The van der Waals surface area contributed by atoms with Gasteiger partial charge in [-0.15, -0.1) is 0 Å². The third-order valence-electron chi connectivity index (χ3n) is 6.01. The number of hydrogen-bond acceptors (Lipinski definition) is 9. The van der Waals surface area contributed by atoms with Crippen molar-refractivity contribution in [3.8, 4) is 0 Å². The molecule has 4 rings (SSSR count). The second kappa shape index (κ2) is 11.0. The first-order chi connectivity index (χ1) is 16.2. The van der Waals surface area contributed by atoms with Crippen molar-refractivity contribution in [3.63, 3.8) is 0 Å². The summed E-state index contributed by atoms with van der Waals surface area (Å²) < 4.78 is 0. The molecule has 1 N–H and O–H groups in total. The third-order valence-corrected chi connectivity index (χ3v) is 6.01. The van der Waals surface area contributed by atoms with Gasteiger partial charge in [0.05, 0.1) is 31.8 Å². The highest BCUT2D eigenvalue weighted by Gasteiger charge is 2.44. The molecule has 33 heavy (non-hydrogen) atoms. The molecule has 0 spiro atoms. The van der Waals surface area contributed by atoms with Crippen molar-refractivity contribution < 1.29 is 9.90 Å². The number of hydrogen-bond donors (Lipinski definition) is 1. The topological polar surface area (TPSA) is 121 Å². The van der Waals surface area contributed by atoms with Crippen LogP contribution < -0.4 is 0 Å². The van der Waals surface area contributed by atoms with E-state index in [0.717, 1.165) is 32.1 Å². The van der Waals surface area contributed by atoms with Crippen molar-refractivity contribution in [2.24, 2.45) is 0 Å². The van der Waals surface area contributed by atoms with Crippen molar-refractivity contribution in [1.82, 2.24) is 39.7 Å². The first-order valence-corrected chi connectivity index (χ1v) is 11.2. The Labute approximate surface area is 192 Å². The average molecular weight is 449 g/mol. The number of nitrogens with zero attached hydrogens (tertiary/aromatic N) is 8. The van der Waals surface area contributed by atoms with Crippen LogP contribution in [0.3, 0.4) is 0 Å². The van der Waals surface area contributed by atoms with E-state index in [-0.39, 0.29) is 6.54 Å². The SMILES string of the molecule is O=C(O)CN(Cc1ncccn1)C1(N(Cc2ncccn2)Cc2ncccn2)CCCCC1. The van der Waals surface area contributed by atoms with E-state index in [1.807, 2.05) is 4.90 Å². The Morgan fingerprint density at radius 2 is 1.09 bits per heavy atom. The molecule has 0 amide bonds. The van der Waals surface area contributed by atoms with Crippen LogP contribution in [-0.4, -0.2) is 63.0 Å². The Morgan fingerprint density at radius 1 is 0.697 bits per heavy atom. The Kier molecular flexibility index (Phi) is 7.59. The summed E-state index contributed by atoms with van der Waals surface area (Å²) >= 11 is 0. The van der Waals surface area contributed by atoms with E-state index in [4.69, 9.17) is 0 Å². The number of carboxylic acids is 1. The van der Waals surface area contributed by atoms with E-state index >= 15 is 0 Å². The zero-order valence-electron chi connectivity index (χ0n) is 18.5. The number of aromatic nitrogens is 6. The van der Waals surface area contributed by atoms with E-state index in [2.05, 4.69) is 34.8 Å². The van der Waals surface area contributed by atoms with E-state index in [1.165, 1.54) is 0 Å². The van der Waals surface area contributed by atoms with Gasteiger partial charge in [-0.05, 0) is 31.0 Å². The molecule has 1 aliphatic carbocycles. The number of carboxylic acid groups (broad SMARTS) is 1. The van der Waals surface area contributed by atoms with Crippen molar-refractivity contribution in [2.45, 2.75) is 57.4 Å². The maximum atomic E-state index is 12.0. The first kappa shape index (κ1) is 22.8. The summed E-state index contributed by atoms with van der Waals surface area (Å²) in [5, 5.41) is 9.82. The van der Waals surface area contributed by atoms with Gasteiger partial charge < -0.3 is 5.11 Å². The smallest absolute Gasteiger partial charge is 0.317 e. The molecule has 0 aromatic carbocycles. The van der Waals surface area contributed by atoms with Crippen LogP contribution in [0.4, 0.5) is 0 Å². The summed E-state index contributed by atoms with van der Waals surface area (Å²) in [7, 11) is 0. The molecule has 0 saturated heterocycles. The fourth-order valence-corrected chi connectivity index (χ4v) is 4.56. The molecule has 1 fully saturated rings. The molecule has 3 aromatic heterocycles. The summed E-state index contributed by atoms with van der Waals surface area (Å²) in [5.74, 6) is 1.05. The van der Waals surface area contributed by atoms with Crippen LogP contribution in [0.2, 0.25) is 0 Å². The van der Waals surface area contributed by atoms with Crippen LogP contribution >= 0.6 is 0 Å². The molecule has 3 heterocycles. The normalized spacial score (nSPS) is 15.6. The molecule has 0 radical (unpaired) electrons. The highest BCUT2D eigenvalue weighted by molar-refractivity contribution is 5.69. The van der Waals surface area contributed by atoms with Crippen molar-refractivity contribution in [2.75, 3.05) is 6.54 Å². The van der Waals surface area contributed by atoms with Gasteiger partial charge in [-0.25, -0.2) is 29.9 Å². The molecule has 1 saturated carbocycles. The lowest BCUT2D eigenvalue weighted by Crippen LogP contribution is -2.62. The number of carbonyl (C=O) groups is 1. The van der Waals surface area contributed by atoms with Crippen LogP contribution in [0, 0.1) is 0 Å². The van der Waals surface area contributed by atoms with E-state index in [9.17, 15) is 9.90 Å². The summed E-state index contributed by atoms with van der Waals surface area (Å²) in [6, 6.07) is 5.33. The highest BCUT2D eigenvalue weighted by Crippen LogP contribution is 2.39. The largest absolute Gasteiger partial charge is 0.480 e. The lowest BCUT2D eigenvalue weighted by Gasteiger charge is -2.52. The Balaban J connectivity index is 1.74. The maximum Gasteiger partial charge on any atom is 0.317 e. The fraction of sp³-hybridized carbons (Fsp3) is 0.435. The Morgan fingerprint density at radius 3 is 1.48 bits per heavy atom. The molecular formula is C23H28N8O2. The summed E-state index contributed by atoms with van der Waals surface area (Å²) in [5.41, 5.74) is -0.547. The summed E-state index contributed by atoms with van der Waals surface area (Å²) in [4.78, 5) is 42.7. The average Bonchev–Trinajstić information content (AvgIpc) is 2.85. The van der Waals surface area contributed by atoms with Gasteiger partial charge in [-0.2, -0.15) is 0 Å². The molecule has 0 atom stereocenters. The van der Waals surface area contributed by atoms with Gasteiger partial charge in [0.1, 0.15) is 17.5 Å². The van der Waals surface area contributed by atoms with Crippen LogP contribution in [0.15, 0.2) is 55.4 Å². The van der Waals surface area contributed by atoms with Crippen LogP contribution in [0.1, 0.15) is 49.6 Å². The zero-order valence-corrected chi connectivity index (χ0v) is 18.5. The van der Waals surface area contributed by atoms with Gasteiger partial charge in [0.25, 0.3) is 0 Å². The quantitative estimate of drug-likeness (QED) is 0.462. The van der Waals surface area contributed by atoms with E-state index in [1.54, 1.807) is 55.4 Å². The van der Waals surface area contributed by atoms with Gasteiger partial charge in [0, 0.05) is 37.2 Å². The number of rotatable bonds is 10. The van der Waals surface area contributed by atoms with E-state index in [0.29, 0.717) is 37.1 Å². The second-order valence-electron chi connectivity index (χ2n) is 8.14. The third kappa shape index (κ3) is 5.91. The monoisotopic (exact) mass is 448 g/mol. The molecule has 1 aliphatic rings. The van der Waals surface area contributed by atoms with Gasteiger partial charge in [-0.3, -0.25) is 14.6 Å². The van der Waals surface area contributed by atoms with E-state index < -0.39 is 11.6 Å². The van der Waals surface area contributed by atoms with Crippen LogP contribution in [0.25, 0.3) is 0 Å². The molecular weight excluding hydrogens is 420 g/mol.